The summed E-state index contributed by atoms with van der Waals surface area (Å²) in [6, 6.07) is 5.59. The van der Waals surface area contributed by atoms with Crippen molar-refractivity contribution in [2.24, 2.45) is 11.7 Å². The minimum Gasteiger partial charge on any atom is -0.320 e. The minimum absolute atomic E-state index is 0.260. The van der Waals surface area contributed by atoms with Crippen molar-refractivity contribution in [3.63, 3.8) is 0 Å². The van der Waals surface area contributed by atoms with Gasteiger partial charge in [0.25, 0.3) is 0 Å². The first-order valence-corrected chi connectivity index (χ1v) is 5.71. The highest BCUT2D eigenvalue weighted by atomic mass is 19.1. The van der Waals surface area contributed by atoms with Gasteiger partial charge in [0, 0.05) is 7.05 Å². The molecule has 3 nitrogen and oxygen atoms in total. The third-order valence-electron chi connectivity index (χ3n) is 2.59. The number of rotatable bonds is 4. The molecule has 1 aromatic rings. The van der Waals surface area contributed by atoms with Gasteiger partial charge in [-0.15, -0.1) is 0 Å². The van der Waals surface area contributed by atoms with Crippen LogP contribution < -0.4 is 10.6 Å². The summed E-state index contributed by atoms with van der Waals surface area (Å²) >= 11 is 0. The van der Waals surface area contributed by atoms with Crippen molar-refractivity contribution in [3.8, 4) is 0 Å². The summed E-state index contributed by atoms with van der Waals surface area (Å²) in [6.07, 6.45) is 0.595. The second-order valence-electron chi connectivity index (χ2n) is 4.58. The van der Waals surface area contributed by atoms with Crippen molar-refractivity contribution < 1.29 is 9.18 Å². The van der Waals surface area contributed by atoms with Gasteiger partial charge in [-0.1, -0.05) is 26.0 Å². The summed E-state index contributed by atoms with van der Waals surface area (Å²) in [7, 11) is 1.54. The van der Waals surface area contributed by atoms with Crippen LogP contribution in [0.2, 0.25) is 0 Å². The minimum atomic E-state index is -0.584. The van der Waals surface area contributed by atoms with Crippen molar-refractivity contribution in [2.45, 2.75) is 26.3 Å². The van der Waals surface area contributed by atoms with Crippen LogP contribution >= 0.6 is 0 Å². The van der Waals surface area contributed by atoms with Crippen LogP contribution in [0.25, 0.3) is 0 Å². The van der Waals surface area contributed by atoms with Crippen LogP contribution in [0.3, 0.4) is 0 Å². The Morgan fingerprint density at radius 1 is 1.41 bits per heavy atom. The van der Waals surface area contributed by atoms with Crippen molar-refractivity contribution in [2.75, 3.05) is 11.9 Å². The number of benzene rings is 1. The van der Waals surface area contributed by atoms with E-state index in [0.717, 1.165) is 0 Å². The predicted molar refractivity (Wildman–Crippen MR) is 67.2 cm³/mol. The Labute approximate surface area is 101 Å². The Hall–Kier alpha value is -1.42. The van der Waals surface area contributed by atoms with Gasteiger partial charge in [-0.3, -0.25) is 4.79 Å². The zero-order valence-corrected chi connectivity index (χ0v) is 10.5. The normalized spacial score (nSPS) is 12.6. The van der Waals surface area contributed by atoms with Crippen LogP contribution in [0.4, 0.5) is 10.1 Å². The number of hydrogen-bond acceptors (Lipinski definition) is 2. The molecule has 94 valence electrons. The summed E-state index contributed by atoms with van der Waals surface area (Å²) in [4.78, 5) is 13.2. The van der Waals surface area contributed by atoms with E-state index in [-0.39, 0.29) is 11.6 Å². The number of carbonyl (C=O) groups is 1. The molecular formula is C13H19FN2O. The first-order chi connectivity index (χ1) is 7.93. The molecular weight excluding hydrogens is 219 g/mol. The highest BCUT2D eigenvalue weighted by molar-refractivity contribution is 5.96. The number of nitrogens with two attached hydrogens (primary N) is 1. The van der Waals surface area contributed by atoms with Crippen LogP contribution in [0.15, 0.2) is 24.3 Å². The van der Waals surface area contributed by atoms with Gasteiger partial charge in [-0.25, -0.2) is 4.39 Å². The number of hydrogen-bond donors (Lipinski definition) is 1. The molecule has 0 aliphatic carbocycles. The lowest BCUT2D eigenvalue weighted by molar-refractivity contribution is -0.119. The molecule has 0 aliphatic heterocycles. The maximum absolute atomic E-state index is 13.5. The highest BCUT2D eigenvalue weighted by Gasteiger charge is 2.21. The molecule has 0 aromatic heterocycles. The molecule has 1 rings (SSSR count). The Balaban J connectivity index is 2.80. The van der Waals surface area contributed by atoms with Crippen molar-refractivity contribution >= 4 is 11.6 Å². The fraction of sp³-hybridized carbons (Fsp3) is 0.462. The smallest absolute Gasteiger partial charge is 0.243 e. The maximum atomic E-state index is 13.5. The van der Waals surface area contributed by atoms with E-state index in [0.29, 0.717) is 12.3 Å². The van der Waals surface area contributed by atoms with Gasteiger partial charge in [-0.05, 0) is 24.5 Å². The summed E-state index contributed by atoms with van der Waals surface area (Å²) in [5.41, 5.74) is 6.05. The molecule has 2 N–H and O–H groups in total. The molecule has 4 heteroatoms. The molecule has 0 bridgehead atoms. The van der Waals surface area contributed by atoms with E-state index in [9.17, 15) is 9.18 Å². The second kappa shape index (κ2) is 5.77. The number of amides is 1. The third kappa shape index (κ3) is 3.53. The van der Waals surface area contributed by atoms with Crippen LogP contribution in [-0.2, 0) is 4.79 Å². The van der Waals surface area contributed by atoms with Crippen molar-refractivity contribution in [3.05, 3.63) is 30.1 Å². The van der Waals surface area contributed by atoms with E-state index in [1.807, 2.05) is 13.8 Å². The first-order valence-electron chi connectivity index (χ1n) is 5.71. The number of halogens is 1. The molecule has 0 aliphatic rings. The average Bonchev–Trinajstić information content (AvgIpc) is 2.27. The predicted octanol–water partition coefficient (Wildman–Crippen LogP) is 2.16. The molecule has 1 amide bonds. The van der Waals surface area contributed by atoms with Gasteiger partial charge in [0.2, 0.25) is 5.91 Å². The molecule has 0 radical (unpaired) electrons. The lowest BCUT2D eigenvalue weighted by atomic mass is 10.0. The van der Waals surface area contributed by atoms with Crippen molar-refractivity contribution in [1.29, 1.82) is 0 Å². The first kappa shape index (κ1) is 13.6. The summed E-state index contributed by atoms with van der Waals surface area (Å²) < 4.78 is 13.5. The Morgan fingerprint density at radius 3 is 2.53 bits per heavy atom. The van der Waals surface area contributed by atoms with Crippen LogP contribution in [0.1, 0.15) is 20.3 Å². The van der Waals surface area contributed by atoms with Gasteiger partial charge in [0.15, 0.2) is 0 Å². The maximum Gasteiger partial charge on any atom is 0.243 e. The van der Waals surface area contributed by atoms with E-state index in [4.69, 9.17) is 5.73 Å². The highest BCUT2D eigenvalue weighted by Crippen LogP contribution is 2.18. The Kier molecular flexibility index (Phi) is 4.63. The average molecular weight is 238 g/mol. The second-order valence-corrected chi connectivity index (χ2v) is 4.58. The SMILES string of the molecule is CC(C)C[C@H](N)C(=O)N(C)c1ccccc1F. The van der Waals surface area contributed by atoms with Crippen molar-refractivity contribution in [1.82, 2.24) is 0 Å². The molecule has 1 atom stereocenters. The number of nitrogens with zero attached hydrogens (tertiary/aromatic N) is 1. The van der Waals surface area contributed by atoms with Gasteiger partial charge < -0.3 is 10.6 Å². The fourth-order valence-corrected chi connectivity index (χ4v) is 1.70. The number of anilines is 1. The topological polar surface area (TPSA) is 46.3 Å². The largest absolute Gasteiger partial charge is 0.320 e. The van der Waals surface area contributed by atoms with E-state index in [1.165, 1.54) is 11.0 Å². The van der Waals surface area contributed by atoms with Crippen LogP contribution in [0.5, 0.6) is 0 Å². The third-order valence-corrected chi connectivity index (χ3v) is 2.59. The summed E-state index contributed by atoms with van der Waals surface area (Å²) in [6.45, 7) is 3.99. The molecule has 0 spiro atoms. The molecule has 0 saturated carbocycles. The van der Waals surface area contributed by atoms with E-state index in [1.54, 1.807) is 25.2 Å². The molecule has 0 unspecified atom stereocenters. The zero-order valence-electron chi connectivity index (χ0n) is 10.5. The lowest BCUT2D eigenvalue weighted by Crippen LogP contribution is -2.42. The molecule has 17 heavy (non-hydrogen) atoms. The number of likely N-dealkylation sites (N-methyl/N-ethyl adjacent to an activating group) is 1. The van der Waals surface area contributed by atoms with E-state index >= 15 is 0 Å². The Bertz CT molecular complexity index is 393. The lowest BCUT2D eigenvalue weighted by Gasteiger charge is -2.22. The number of carbonyl (C=O) groups excluding carboxylic acids is 1. The number of para-hydroxylation sites is 1. The molecule has 1 aromatic carbocycles. The van der Waals surface area contributed by atoms with Gasteiger partial charge in [0.05, 0.1) is 11.7 Å². The fourth-order valence-electron chi connectivity index (χ4n) is 1.70. The Morgan fingerprint density at radius 2 is 2.00 bits per heavy atom. The standard InChI is InChI=1S/C13H19FN2O/c1-9(2)8-11(15)13(17)16(3)12-7-5-4-6-10(12)14/h4-7,9,11H,8,15H2,1-3H3/t11-/m0/s1. The van der Waals surface area contributed by atoms with E-state index in [2.05, 4.69) is 0 Å². The van der Waals surface area contributed by atoms with Gasteiger partial charge in [0.1, 0.15) is 5.82 Å². The summed E-state index contributed by atoms with van der Waals surface area (Å²) in [5.74, 6) is -0.341. The zero-order chi connectivity index (χ0) is 13.0. The molecule has 0 fully saturated rings. The quantitative estimate of drug-likeness (QED) is 0.873. The monoisotopic (exact) mass is 238 g/mol. The molecule has 0 heterocycles. The van der Waals surface area contributed by atoms with Crippen LogP contribution in [-0.4, -0.2) is 19.0 Å². The van der Waals surface area contributed by atoms with Gasteiger partial charge >= 0.3 is 0 Å². The van der Waals surface area contributed by atoms with Gasteiger partial charge in [-0.2, -0.15) is 0 Å². The van der Waals surface area contributed by atoms with Crippen LogP contribution in [0, 0.1) is 11.7 Å². The van der Waals surface area contributed by atoms with E-state index < -0.39 is 11.9 Å². The summed E-state index contributed by atoms with van der Waals surface area (Å²) in [5, 5.41) is 0. The molecule has 0 saturated heterocycles.